The average Bonchev–Trinajstić information content (AvgIpc) is 2.44. The molecular weight excluding hydrogens is 401 g/mol. The molecule has 0 spiro atoms. The summed E-state index contributed by atoms with van der Waals surface area (Å²) in [6.45, 7) is 0. The van der Waals surface area contributed by atoms with Crippen LogP contribution in [0.4, 0.5) is 11.5 Å². The maximum absolute atomic E-state index is 12.5. The third-order valence-corrected chi connectivity index (χ3v) is 5.17. The van der Waals surface area contributed by atoms with Gasteiger partial charge in [-0.2, -0.15) is 0 Å². The van der Waals surface area contributed by atoms with Crippen LogP contribution in [-0.4, -0.2) is 20.4 Å². The van der Waals surface area contributed by atoms with E-state index in [4.69, 9.17) is 23.2 Å². The molecule has 1 aromatic heterocycles. The van der Waals surface area contributed by atoms with Crippen LogP contribution in [0, 0.1) is 0 Å². The third kappa shape index (κ3) is 3.60. The van der Waals surface area contributed by atoms with Gasteiger partial charge in [-0.15, -0.1) is 0 Å². The summed E-state index contributed by atoms with van der Waals surface area (Å²) in [4.78, 5) is 4.00. The Balaban J connectivity index is 2.48. The monoisotopic (exact) mass is 409 g/mol. The first-order valence-electron chi connectivity index (χ1n) is 5.65. The molecule has 0 atom stereocenters. The van der Waals surface area contributed by atoms with Gasteiger partial charge < -0.3 is 5.32 Å². The number of hydrogen-bond acceptors (Lipinski definition) is 4. The summed E-state index contributed by atoms with van der Waals surface area (Å²) < 4.78 is 27.9. The van der Waals surface area contributed by atoms with Crippen molar-refractivity contribution in [2.24, 2.45) is 0 Å². The maximum Gasteiger partial charge on any atom is 0.265 e. The molecule has 21 heavy (non-hydrogen) atoms. The van der Waals surface area contributed by atoms with Crippen molar-refractivity contribution in [2.75, 3.05) is 17.1 Å². The molecule has 0 fully saturated rings. The van der Waals surface area contributed by atoms with Crippen LogP contribution in [-0.2, 0) is 10.0 Å². The normalized spacial score (nSPS) is 11.2. The van der Waals surface area contributed by atoms with E-state index in [2.05, 4.69) is 31.0 Å². The van der Waals surface area contributed by atoms with Gasteiger partial charge >= 0.3 is 0 Å². The number of nitrogens with zero attached hydrogens (tertiary/aromatic N) is 1. The van der Waals surface area contributed by atoms with E-state index in [1.807, 2.05) is 0 Å². The molecule has 1 aromatic carbocycles. The van der Waals surface area contributed by atoms with E-state index in [1.165, 1.54) is 18.3 Å². The Kier molecular flexibility index (Phi) is 4.98. The van der Waals surface area contributed by atoms with Crippen LogP contribution in [0.3, 0.4) is 0 Å². The highest BCUT2D eigenvalue weighted by molar-refractivity contribution is 9.10. The molecule has 0 saturated heterocycles. The van der Waals surface area contributed by atoms with Crippen LogP contribution in [0.2, 0.25) is 10.0 Å². The molecule has 112 valence electrons. The van der Waals surface area contributed by atoms with Crippen molar-refractivity contribution >= 4 is 60.7 Å². The Hall–Kier alpha value is -1.02. The average molecular weight is 411 g/mol. The molecule has 0 saturated carbocycles. The van der Waals surface area contributed by atoms with Gasteiger partial charge in [0.15, 0.2) is 0 Å². The predicted molar refractivity (Wildman–Crippen MR) is 88.8 cm³/mol. The molecule has 0 bridgehead atoms. The second-order valence-corrected chi connectivity index (χ2v) is 7.31. The molecule has 0 radical (unpaired) electrons. The standard InChI is InChI=1S/C12H10BrCl2N3O2S/c1-16-12-10(5-7(13)6-17-12)21(19,20)18-9-4-2-3-8(14)11(9)15/h2-6,18H,1H3,(H,16,17). The molecule has 0 amide bonds. The highest BCUT2D eigenvalue weighted by Crippen LogP contribution is 2.32. The van der Waals surface area contributed by atoms with Gasteiger partial charge in [0.1, 0.15) is 10.7 Å². The van der Waals surface area contributed by atoms with Crippen molar-refractivity contribution < 1.29 is 8.42 Å². The molecule has 9 heteroatoms. The highest BCUT2D eigenvalue weighted by Gasteiger charge is 2.21. The first-order chi connectivity index (χ1) is 9.85. The molecule has 1 heterocycles. The zero-order valence-corrected chi connectivity index (χ0v) is 14.6. The summed E-state index contributed by atoms with van der Waals surface area (Å²) >= 11 is 15.1. The van der Waals surface area contributed by atoms with Crippen molar-refractivity contribution in [3.05, 3.63) is 45.0 Å². The highest BCUT2D eigenvalue weighted by atomic mass is 79.9. The second kappa shape index (κ2) is 6.39. The van der Waals surface area contributed by atoms with Gasteiger partial charge in [-0.25, -0.2) is 13.4 Å². The fourth-order valence-electron chi connectivity index (χ4n) is 1.60. The van der Waals surface area contributed by atoms with Crippen LogP contribution < -0.4 is 10.0 Å². The quantitative estimate of drug-likeness (QED) is 0.799. The number of benzene rings is 1. The van der Waals surface area contributed by atoms with E-state index in [-0.39, 0.29) is 26.4 Å². The van der Waals surface area contributed by atoms with Crippen LogP contribution in [0.15, 0.2) is 39.8 Å². The number of anilines is 2. The van der Waals surface area contributed by atoms with Crippen LogP contribution in [0.5, 0.6) is 0 Å². The van der Waals surface area contributed by atoms with Crippen molar-refractivity contribution in [1.29, 1.82) is 0 Å². The van der Waals surface area contributed by atoms with Gasteiger partial charge in [-0.05, 0) is 34.1 Å². The van der Waals surface area contributed by atoms with E-state index >= 15 is 0 Å². The SMILES string of the molecule is CNc1ncc(Br)cc1S(=O)(=O)Nc1cccc(Cl)c1Cl. The molecule has 2 N–H and O–H groups in total. The lowest BCUT2D eigenvalue weighted by molar-refractivity contribution is 0.601. The largest absolute Gasteiger partial charge is 0.372 e. The van der Waals surface area contributed by atoms with Crippen molar-refractivity contribution in [2.45, 2.75) is 4.90 Å². The van der Waals surface area contributed by atoms with Gasteiger partial charge in [0.05, 0.1) is 15.7 Å². The van der Waals surface area contributed by atoms with E-state index in [0.717, 1.165) is 0 Å². The lowest BCUT2D eigenvalue weighted by Crippen LogP contribution is -2.16. The predicted octanol–water partition coefficient (Wildman–Crippen LogP) is 3.99. The summed E-state index contributed by atoms with van der Waals surface area (Å²) in [6.07, 6.45) is 1.50. The van der Waals surface area contributed by atoms with E-state index in [9.17, 15) is 8.42 Å². The smallest absolute Gasteiger partial charge is 0.265 e. The number of aromatic nitrogens is 1. The van der Waals surface area contributed by atoms with E-state index < -0.39 is 10.0 Å². The lowest BCUT2D eigenvalue weighted by Gasteiger charge is -2.13. The van der Waals surface area contributed by atoms with Crippen LogP contribution in [0.1, 0.15) is 0 Å². The molecule has 2 aromatic rings. The van der Waals surface area contributed by atoms with Gasteiger partial charge in [-0.1, -0.05) is 29.3 Å². The van der Waals surface area contributed by atoms with Crippen molar-refractivity contribution in [3.63, 3.8) is 0 Å². The topological polar surface area (TPSA) is 71.1 Å². The minimum atomic E-state index is -3.87. The van der Waals surface area contributed by atoms with Gasteiger partial charge in [0.2, 0.25) is 0 Å². The van der Waals surface area contributed by atoms with Crippen molar-refractivity contribution in [1.82, 2.24) is 4.98 Å². The third-order valence-electron chi connectivity index (χ3n) is 2.54. The van der Waals surface area contributed by atoms with Crippen LogP contribution in [0.25, 0.3) is 0 Å². The summed E-state index contributed by atoms with van der Waals surface area (Å²) in [6, 6.07) is 6.14. The first-order valence-corrected chi connectivity index (χ1v) is 8.68. The Bertz CT molecular complexity index is 784. The fourth-order valence-corrected chi connectivity index (χ4v) is 3.74. The van der Waals surface area contributed by atoms with Gasteiger partial charge in [0.25, 0.3) is 10.0 Å². The Morgan fingerprint density at radius 3 is 2.67 bits per heavy atom. The summed E-state index contributed by atoms with van der Waals surface area (Å²) in [5.41, 5.74) is 0.200. The maximum atomic E-state index is 12.5. The Morgan fingerprint density at radius 2 is 2.00 bits per heavy atom. The number of nitrogens with one attached hydrogen (secondary N) is 2. The summed E-state index contributed by atoms with van der Waals surface area (Å²) in [5.74, 6) is 0.226. The fraction of sp³-hybridized carbons (Fsp3) is 0.0833. The van der Waals surface area contributed by atoms with E-state index in [0.29, 0.717) is 4.47 Å². The molecule has 0 aliphatic carbocycles. The van der Waals surface area contributed by atoms with Crippen molar-refractivity contribution in [3.8, 4) is 0 Å². The molecule has 0 unspecified atom stereocenters. The van der Waals surface area contributed by atoms with Crippen LogP contribution >= 0.6 is 39.1 Å². The first kappa shape index (κ1) is 16.4. The number of pyridine rings is 1. The number of hydrogen-bond donors (Lipinski definition) is 2. The molecule has 5 nitrogen and oxygen atoms in total. The Labute approximate surface area is 140 Å². The minimum absolute atomic E-state index is 0.00424. The second-order valence-electron chi connectivity index (χ2n) is 3.96. The number of halogens is 3. The lowest BCUT2D eigenvalue weighted by atomic mass is 10.3. The summed E-state index contributed by atoms with van der Waals surface area (Å²) in [5, 5.41) is 3.13. The minimum Gasteiger partial charge on any atom is -0.372 e. The zero-order chi connectivity index (χ0) is 15.6. The molecule has 0 aliphatic heterocycles. The summed E-state index contributed by atoms with van der Waals surface area (Å²) in [7, 11) is -2.28. The van der Waals surface area contributed by atoms with Gasteiger partial charge in [-0.3, -0.25) is 4.72 Å². The molecule has 2 rings (SSSR count). The van der Waals surface area contributed by atoms with Gasteiger partial charge in [0, 0.05) is 17.7 Å². The van der Waals surface area contributed by atoms with E-state index in [1.54, 1.807) is 19.2 Å². The number of sulfonamides is 1. The number of rotatable bonds is 4. The Morgan fingerprint density at radius 1 is 1.29 bits per heavy atom. The molecular formula is C12H10BrCl2N3O2S. The zero-order valence-electron chi connectivity index (χ0n) is 10.7. The molecule has 0 aliphatic rings.